The highest BCUT2D eigenvalue weighted by atomic mass is 32.1. The molecule has 136 valence electrons. The number of amides is 1. The van der Waals surface area contributed by atoms with Gasteiger partial charge in [-0.1, -0.05) is 20.3 Å². The maximum absolute atomic E-state index is 12.8. The Morgan fingerprint density at radius 3 is 2.52 bits per heavy atom. The van der Waals surface area contributed by atoms with Gasteiger partial charge in [0.05, 0.1) is 4.88 Å². The number of nitrogens with zero attached hydrogens (tertiary/aromatic N) is 1. The number of nitrogens with one attached hydrogen (secondary N) is 1. The number of aliphatic carboxylic acids is 1. The van der Waals surface area contributed by atoms with Crippen molar-refractivity contribution in [2.24, 2.45) is 5.92 Å². The zero-order valence-corrected chi connectivity index (χ0v) is 14.6. The summed E-state index contributed by atoms with van der Waals surface area (Å²) in [6.45, 7) is 5.11. The number of carbonyl (C=O) groups is 2. The van der Waals surface area contributed by atoms with E-state index in [1.165, 1.54) is 6.07 Å². The van der Waals surface area contributed by atoms with E-state index >= 15 is 0 Å². The number of thiophene rings is 1. The Morgan fingerprint density at radius 2 is 2.00 bits per heavy atom. The van der Waals surface area contributed by atoms with Gasteiger partial charge in [0.1, 0.15) is 16.6 Å². The first-order chi connectivity index (χ1) is 11.6. The number of carbonyl (C=O) groups excluding carboxylic acids is 1. The summed E-state index contributed by atoms with van der Waals surface area (Å²) in [5.74, 6) is -2.06. The molecule has 0 spiro atoms. The van der Waals surface area contributed by atoms with E-state index < -0.39 is 29.8 Å². The second-order valence-corrected chi connectivity index (χ2v) is 6.78. The average Bonchev–Trinajstić information content (AvgIpc) is 2.87. The zero-order chi connectivity index (χ0) is 18.9. The predicted molar refractivity (Wildman–Crippen MR) is 87.7 cm³/mol. The molecule has 0 aliphatic rings. The van der Waals surface area contributed by atoms with E-state index in [4.69, 9.17) is 0 Å². The van der Waals surface area contributed by atoms with Gasteiger partial charge in [-0.15, -0.1) is 11.3 Å². The lowest BCUT2D eigenvalue weighted by Crippen LogP contribution is -2.44. The van der Waals surface area contributed by atoms with Crippen LogP contribution < -0.4 is 5.32 Å². The van der Waals surface area contributed by atoms with Crippen LogP contribution in [0.3, 0.4) is 0 Å². The van der Waals surface area contributed by atoms with Crippen molar-refractivity contribution < 1.29 is 27.9 Å². The molecule has 0 radical (unpaired) electrons. The first kappa shape index (κ1) is 19.2. The molecule has 2 aromatic heterocycles. The van der Waals surface area contributed by atoms with Crippen LogP contribution in [0.1, 0.15) is 41.2 Å². The van der Waals surface area contributed by atoms with Gasteiger partial charge in [0.2, 0.25) is 0 Å². The van der Waals surface area contributed by atoms with Crippen LogP contribution in [0.2, 0.25) is 0 Å². The highest BCUT2D eigenvalue weighted by molar-refractivity contribution is 7.20. The van der Waals surface area contributed by atoms with Crippen molar-refractivity contribution in [2.45, 2.75) is 39.4 Å². The number of aryl methyl sites for hydroxylation is 1. The number of alkyl halides is 3. The number of carboxylic acid groups (broad SMARTS) is 1. The molecule has 0 bridgehead atoms. The minimum absolute atomic E-state index is 0.0906. The molecule has 0 unspecified atom stereocenters. The Labute approximate surface area is 145 Å². The highest BCUT2D eigenvalue weighted by Gasteiger charge is 2.33. The van der Waals surface area contributed by atoms with Crippen molar-refractivity contribution in [3.8, 4) is 0 Å². The third kappa shape index (κ3) is 3.92. The number of rotatable bonds is 5. The van der Waals surface area contributed by atoms with Gasteiger partial charge >= 0.3 is 12.1 Å². The summed E-state index contributed by atoms with van der Waals surface area (Å²) in [6.07, 6.45) is -4.02. The Bertz CT molecular complexity index is 817. The molecule has 2 rings (SSSR count). The lowest BCUT2D eigenvalue weighted by Gasteiger charge is -2.19. The van der Waals surface area contributed by atoms with Gasteiger partial charge in [-0.05, 0) is 30.5 Å². The Kier molecular flexibility index (Phi) is 5.36. The van der Waals surface area contributed by atoms with Crippen LogP contribution in [0.15, 0.2) is 12.1 Å². The minimum Gasteiger partial charge on any atom is -0.480 e. The molecular formula is C16H17F3N2O3S. The first-order valence-electron chi connectivity index (χ1n) is 7.57. The smallest absolute Gasteiger partial charge is 0.433 e. The van der Waals surface area contributed by atoms with Crippen molar-refractivity contribution in [1.82, 2.24) is 10.3 Å². The Morgan fingerprint density at radius 1 is 1.36 bits per heavy atom. The molecule has 0 aromatic carbocycles. The SMILES string of the molecule is CC[C@H](C)[C@H](NC(=O)c1sc2nc(C(F)(F)F)ccc2c1C)C(=O)O. The summed E-state index contributed by atoms with van der Waals surface area (Å²) >= 11 is 0.819. The van der Waals surface area contributed by atoms with Crippen LogP contribution in [0.5, 0.6) is 0 Å². The van der Waals surface area contributed by atoms with Gasteiger partial charge in [-0.2, -0.15) is 13.2 Å². The van der Waals surface area contributed by atoms with E-state index in [0.29, 0.717) is 17.4 Å². The number of fused-ring (bicyclic) bond motifs is 1. The van der Waals surface area contributed by atoms with E-state index in [1.807, 2.05) is 0 Å². The molecule has 2 aromatic rings. The number of pyridine rings is 1. The Hall–Kier alpha value is -2.16. The maximum Gasteiger partial charge on any atom is 0.433 e. The molecule has 0 aliphatic carbocycles. The molecule has 25 heavy (non-hydrogen) atoms. The average molecular weight is 374 g/mol. The molecule has 2 atom stereocenters. The molecule has 0 saturated heterocycles. The third-order valence-corrected chi connectivity index (χ3v) is 5.27. The molecule has 2 heterocycles. The Balaban J connectivity index is 2.38. The van der Waals surface area contributed by atoms with E-state index in [2.05, 4.69) is 10.3 Å². The second-order valence-electron chi connectivity index (χ2n) is 5.78. The van der Waals surface area contributed by atoms with Crippen LogP contribution in [0.25, 0.3) is 10.2 Å². The fourth-order valence-electron chi connectivity index (χ4n) is 2.36. The zero-order valence-electron chi connectivity index (χ0n) is 13.8. The van der Waals surface area contributed by atoms with E-state index in [-0.39, 0.29) is 15.6 Å². The third-order valence-electron chi connectivity index (χ3n) is 4.07. The first-order valence-corrected chi connectivity index (χ1v) is 8.38. The van der Waals surface area contributed by atoms with Crippen LogP contribution in [-0.4, -0.2) is 28.0 Å². The van der Waals surface area contributed by atoms with Crippen LogP contribution in [-0.2, 0) is 11.0 Å². The number of carboxylic acids is 1. The maximum atomic E-state index is 12.8. The molecule has 5 nitrogen and oxygen atoms in total. The molecule has 9 heteroatoms. The number of halogens is 3. The highest BCUT2D eigenvalue weighted by Crippen LogP contribution is 2.34. The molecule has 1 amide bonds. The van der Waals surface area contributed by atoms with Gasteiger partial charge in [-0.3, -0.25) is 4.79 Å². The van der Waals surface area contributed by atoms with Crippen molar-refractivity contribution in [1.29, 1.82) is 0 Å². The number of aromatic nitrogens is 1. The second kappa shape index (κ2) is 6.99. The fourth-order valence-corrected chi connectivity index (χ4v) is 3.45. The molecule has 2 N–H and O–H groups in total. The predicted octanol–water partition coefficient (Wildman–Crippen LogP) is 3.85. The van der Waals surface area contributed by atoms with Gasteiger partial charge in [-0.25, -0.2) is 9.78 Å². The van der Waals surface area contributed by atoms with Crippen LogP contribution in [0, 0.1) is 12.8 Å². The summed E-state index contributed by atoms with van der Waals surface area (Å²) in [6, 6.07) is 1.07. The quantitative estimate of drug-likeness (QED) is 0.833. The summed E-state index contributed by atoms with van der Waals surface area (Å²) in [5.41, 5.74) is -0.553. The van der Waals surface area contributed by atoms with Crippen LogP contribution >= 0.6 is 11.3 Å². The van der Waals surface area contributed by atoms with Crippen molar-refractivity contribution in [3.63, 3.8) is 0 Å². The van der Waals surface area contributed by atoms with E-state index in [9.17, 15) is 27.9 Å². The lowest BCUT2D eigenvalue weighted by atomic mass is 9.99. The van der Waals surface area contributed by atoms with Crippen molar-refractivity contribution >= 4 is 33.4 Å². The topological polar surface area (TPSA) is 79.3 Å². The summed E-state index contributed by atoms with van der Waals surface area (Å²) in [4.78, 5) is 27.6. The molecular weight excluding hydrogens is 357 g/mol. The van der Waals surface area contributed by atoms with E-state index in [1.54, 1.807) is 20.8 Å². The summed E-state index contributed by atoms with van der Waals surface area (Å²) < 4.78 is 38.3. The van der Waals surface area contributed by atoms with Gasteiger partial charge in [0, 0.05) is 5.39 Å². The molecule has 0 saturated carbocycles. The standard InChI is InChI=1S/C16H17F3N2O3S/c1-4-7(2)11(15(23)24)21-13(22)12-8(3)9-5-6-10(16(17,18)19)20-14(9)25-12/h5-7,11H,4H2,1-3H3,(H,21,22)(H,23,24)/t7-,11-/m0/s1. The van der Waals surface area contributed by atoms with Gasteiger partial charge in [0.25, 0.3) is 5.91 Å². The summed E-state index contributed by atoms with van der Waals surface area (Å²) in [5, 5.41) is 12.2. The van der Waals surface area contributed by atoms with Crippen molar-refractivity contribution in [2.75, 3.05) is 0 Å². The van der Waals surface area contributed by atoms with E-state index in [0.717, 1.165) is 17.4 Å². The van der Waals surface area contributed by atoms with Gasteiger partial charge < -0.3 is 10.4 Å². The normalized spacial score (nSPS) is 14.3. The summed E-state index contributed by atoms with van der Waals surface area (Å²) in [7, 11) is 0. The lowest BCUT2D eigenvalue weighted by molar-refractivity contribution is -0.141. The van der Waals surface area contributed by atoms with Crippen LogP contribution in [0.4, 0.5) is 13.2 Å². The monoisotopic (exact) mass is 374 g/mol. The molecule has 0 aliphatic heterocycles. The number of hydrogen-bond donors (Lipinski definition) is 2. The number of hydrogen-bond acceptors (Lipinski definition) is 4. The fraction of sp³-hybridized carbons (Fsp3) is 0.438. The molecule has 0 fully saturated rings. The largest absolute Gasteiger partial charge is 0.480 e. The minimum atomic E-state index is -4.57. The van der Waals surface area contributed by atoms with Gasteiger partial charge in [0.15, 0.2) is 0 Å². The van der Waals surface area contributed by atoms with Crippen molar-refractivity contribution in [3.05, 3.63) is 28.3 Å².